The number of anilines is 2. The minimum Gasteiger partial charge on any atom is -0.397 e. The molecule has 1 aliphatic rings. The molecule has 0 saturated carbocycles. The number of hydrogen-bond donors (Lipinski definition) is 2. The molecule has 0 radical (unpaired) electrons. The Kier molecular flexibility index (Phi) is 4.84. The predicted octanol–water partition coefficient (Wildman–Crippen LogP) is 1.63. The van der Waals surface area contributed by atoms with E-state index in [9.17, 15) is 4.79 Å². The maximum Gasteiger partial charge on any atom is 0.251 e. The molecule has 1 aromatic rings. The van der Waals surface area contributed by atoms with E-state index in [0.29, 0.717) is 17.4 Å². The van der Waals surface area contributed by atoms with E-state index in [4.69, 9.17) is 10.5 Å². The number of rotatable bonds is 4. The second-order valence-corrected chi connectivity index (χ2v) is 4.99. The summed E-state index contributed by atoms with van der Waals surface area (Å²) < 4.78 is 5.65. The van der Waals surface area contributed by atoms with Gasteiger partial charge in [-0.1, -0.05) is 0 Å². The molecule has 1 saturated heterocycles. The van der Waals surface area contributed by atoms with E-state index in [-0.39, 0.29) is 5.91 Å². The van der Waals surface area contributed by atoms with Crippen LogP contribution in [0.15, 0.2) is 18.2 Å². The molecule has 5 nitrogen and oxygen atoms in total. The lowest BCUT2D eigenvalue weighted by Gasteiger charge is -2.34. The van der Waals surface area contributed by atoms with Crippen molar-refractivity contribution in [2.75, 3.05) is 37.4 Å². The molecule has 5 heteroatoms. The normalized spacial score (nSPS) is 16.2. The lowest BCUT2D eigenvalue weighted by atomic mass is 10.1. The van der Waals surface area contributed by atoms with Gasteiger partial charge in [-0.3, -0.25) is 4.79 Å². The average molecular weight is 277 g/mol. The van der Waals surface area contributed by atoms with E-state index in [1.54, 1.807) is 19.2 Å². The Balaban J connectivity index is 2.11. The molecule has 1 amide bonds. The molecule has 1 aliphatic heterocycles. The van der Waals surface area contributed by atoms with Gasteiger partial charge in [0, 0.05) is 32.3 Å². The van der Waals surface area contributed by atoms with Gasteiger partial charge in [0.05, 0.1) is 17.5 Å². The van der Waals surface area contributed by atoms with Gasteiger partial charge in [0.15, 0.2) is 0 Å². The standard InChI is InChI=1S/C15H23N3O2/c1-3-20-12-6-8-18(9-7-12)14-10-11(15(19)17-2)4-5-13(14)16/h4-5,10,12H,3,6-9,16H2,1-2H3,(H,17,19). The highest BCUT2D eigenvalue weighted by Crippen LogP contribution is 2.28. The third-order valence-corrected chi connectivity index (χ3v) is 3.70. The number of carbonyl (C=O) groups excluding carboxylic acids is 1. The van der Waals surface area contributed by atoms with Gasteiger partial charge < -0.3 is 20.7 Å². The summed E-state index contributed by atoms with van der Waals surface area (Å²) in [7, 11) is 1.63. The van der Waals surface area contributed by atoms with E-state index in [0.717, 1.165) is 38.2 Å². The lowest BCUT2D eigenvalue weighted by molar-refractivity contribution is 0.0459. The quantitative estimate of drug-likeness (QED) is 0.821. The Hall–Kier alpha value is -1.75. The molecule has 0 aromatic heterocycles. The lowest BCUT2D eigenvalue weighted by Crippen LogP contribution is -2.37. The van der Waals surface area contributed by atoms with Gasteiger partial charge in [-0.05, 0) is 38.0 Å². The molecule has 0 atom stereocenters. The Morgan fingerprint density at radius 1 is 1.45 bits per heavy atom. The van der Waals surface area contributed by atoms with E-state index in [1.165, 1.54) is 0 Å². The van der Waals surface area contributed by atoms with Gasteiger partial charge in [0.2, 0.25) is 0 Å². The second-order valence-electron chi connectivity index (χ2n) is 4.99. The molecule has 0 bridgehead atoms. The summed E-state index contributed by atoms with van der Waals surface area (Å²) in [5.41, 5.74) is 8.35. The van der Waals surface area contributed by atoms with Gasteiger partial charge in [-0.2, -0.15) is 0 Å². The molecule has 0 unspecified atom stereocenters. The molecule has 1 heterocycles. The van der Waals surface area contributed by atoms with Crippen molar-refractivity contribution in [3.8, 4) is 0 Å². The maximum absolute atomic E-state index is 11.7. The van der Waals surface area contributed by atoms with Gasteiger partial charge in [-0.25, -0.2) is 0 Å². The number of nitrogens with one attached hydrogen (secondary N) is 1. The molecule has 0 aliphatic carbocycles. The van der Waals surface area contributed by atoms with Crippen LogP contribution in [0.3, 0.4) is 0 Å². The maximum atomic E-state index is 11.7. The van der Waals surface area contributed by atoms with E-state index in [1.807, 2.05) is 13.0 Å². The fourth-order valence-electron chi connectivity index (χ4n) is 2.60. The van der Waals surface area contributed by atoms with Crippen LogP contribution in [0.2, 0.25) is 0 Å². The van der Waals surface area contributed by atoms with Crippen molar-refractivity contribution in [3.63, 3.8) is 0 Å². The monoisotopic (exact) mass is 277 g/mol. The number of amides is 1. The van der Waals surface area contributed by atoms with Gasteiger partial charge in [-0.15, -0.1) is 0 Å². The van der Waals surface area contributed by atoms with Crippen molar-refractivity contribution in [3.05, 3.63) is 23.8 Å². The molecule has 3 N–H and O–H groups in total. The third kappa shape index (κ3) is 3.22. The summed E-state index contributed by atoms with van der Waals surface area (Å²) in [5, 5.41) is 2.64. The predicted molar refractivity (Wildman–Crippen MR) is 81.1 cm³/mol. The molecule has 1 fully saturated rings. The minimum atomic E-state index is -0.0875. The van der Waals surface area contributed by atoms with Crippen molar-refractivity contribution in [2.45, 2.75) is 25.9 Å². The smallest absolute Gasteiger partial charge is 0.251 e. The number of nitrogens with two attached hydrogens (primary N) is 1. The first-order valence-corrected chi connectivity index (χ1v) is 7.13. The Morgan fingerprint density at radius 3 is 2.75 bits per heavy atom. The topological polar surface area (TPSA) is 67.6 Å². The van der Waals surface area contributed by atoms with Crippen LogP contribution in [0.5, 0.6) is 0 Å². The summed E-state index contributed by atoms with van der Waals surface area (Å²) in [4.78, 5) is 13.9. The fourth-order valence-corrected chi connectivity index (χ4v) is 2.60. The van der Waals surface area contributed by atoms with Gasteiger partial charge in [0.25, 0.3) is 5.91 Å². The van der Waals surface area contributed by atoms with E-state index in [2.05, 4.69) is 10.2 Å². The fraction of sp³-hybridized carbons (Fsp3) is 0.533. The van der Waals surface area contributed by atoms with Crippen LogP contribution in [0.1, 0.15) is 30.1 Å². The molecular formula is C15H23N3O2. The number of ether oxygens (including phenoxy) is 1. The largest absolute Gasteiger partial charge is 0.397 e. The molecule has 110 valence electrons. The van der Waals surface area contributed by atoms with Crippen LogP contribution in [0.4, 0.5) is 11.4 Å². The number of hydrogen-bond acceptors (Lipinski definition) is 4. The van der Waals surface area contributed by atoms with Crippen molar-refractivity contribution in [1.29, 1.82) is 0 Å². The first-order chi connectivity index (χ1) is 9.65. The summed E-state index contributed by atoms with van der Waals surface area (Å²) in [6, 6.07) is 5.42. The highest BCUT2D eigenvalue weighted by atomic mass is 16.5. The summed E-state index contributed by atoms with van der Waals surface area (Å²) >= 11 is 0. The first-order valence-electron chi connectivity index (χ1n) is 7.13. The summed E-state index contributed by atoms with van der Waals surface area (Å²) in [6.45, 7) is 4.61. The Bertz CT molecular complexity index is 468. The highest BCUT2D eigenvalue weighted by Gasteiger charge is 2.21. The number of nitrogens with zero attached hydrogens (tertiary/aromatic N) is 1. The van der Waals surface area contributed by atoms with Crippen LogP contribution in [0, 0.1) is 0 Å². The number of benzene rings is 1. The number of nitrogen functional groups attached to an aromatic ring is 1. The van der Waals surface area contributed by atoms with Crippen LogP contribution < -0.4 is 16.0 Å². The highest BCUT2D eigenvalue weighted by molar-refractivity contribution is 5.96. The van der Waals surface area contributed by atoms with Crippen LogP contribution in [-0.2, 0) is 4.74 Å². The van der Waals surface area contributed by atoms with Crippen molar-refractivity contribution in [2.24, 2.45) is 0 Å². The van der Waals surface area contributed by atoms with Crippen molar-refractivity contribution in [1.82, 2.24) is 5.32 Å². The van der Waals surface area contributed by atoms with Crippen LogP contribution in [0.25, 0.3) is 0 Å². The SMILES string of the molecule is CCOC1CCN(c2cc(C(=O)NC)ccc2N)CC1. The third-order valence-electron chi connectivity index (χ3n) is 3.70. The van der Waals surface area contributed by atoms with Gasteiger partial charge in [0.1, 0.15) is 0 Å². The van der Waals surface area contributed by atoms with Crippen molar-refractivity contribution >= 4 is 17.3 Å². The van der Waals surface area contributed by atoms with Crippen LogP contribution in [-0.4, -0.2) is 38.8 Å². The number of piperidine rings is 1. The van der Waals surface area contributed by atoms with Crippen molar-refractivity contribution < 1.29 is 9.53 Å². The zero-order valence-corrected chi connectivity index (χ0v) is 12.2. The zero-order chi connectivity index (χ0) is 14.5. The molecule has 2 rings (SSSR count). The molecular weight excluding hydrogens is 254 g/mol. The summed E-state index contributed by atoms with van der Waals surface area (Å²) in [6.07, 6.45) is 2.34. The molecule has 20 heavy (non-hydrogen) atoms. The molecule has 1 aromatic carbocycles. The Morgan fingerprint density at radius 2 is 2.15 bits per heavy atom. The van der Waals surface area contributed by atoms with E-state index >= 15 is 0 Å². The zero-order valence-electron chi connectivity index (χ0n) is 12.2. The van der Waals surface area contributed by atoms with Crippen LogP contribution >= 0.6 is 0 Å². The number of carbonyl (C=O) groups is 1. The first kappa shape index (κ1) is 14.7. The average Bonchev–Trinajstić information content (AvgIpc) is 2.48. The van der Waals surface area contributed by atoms with E-state index < -0.39 is 0 Å². The minimum absolute atomic E-state index is 0.0875. The van der Waals surface area contributed by atoms with Gasteiger partial charge >= 0.3 is 0 Å². The Labute approximate surface area is 120 Å². The summed E-state index contributed by atoms with van der Waals surface area (Å²) in [5.74, 6) is -0.0875. The molecule has 0 spiro atoms. The second kappa shape index (κ2) is 6.61.